The van der Waals surface area contributed by atoms with Gasteiger partial charge in [-0.3, -0.25) is 4.79 Å². The van der Waals surface area contributed by atoms with Crippen LogP contribution in [0, 0.1) is 0 Å². The lowest BCUT2D eigenvalue weighted by Crippen LogP contribution is -2.08. The van der Waals surface area contributed by atoms with E-state index in [4.69, 9.17) is 4.42 Å². The van der Waals surface area contributed by atoms with Crippen LogP contribution in [0.2, 0.25) is 0 Å². The van der Waals surface area contributed by atoms with E-state index in [0.29, 0.717) is 16.8 Å². The Morgan fingerprint density at radius 2 is 1.88 bits per heavy atom. The maximum Gasteiger partial charge on any atom is 0.272 e. The summed E-state index contributed by atoms with van der Waals surface area (Å²) >= 11 is 0. The zero-order valence-electron chi connectivity index (χ0n) is 8.31. The molecule has 0 saturated heterocycles. The first-order valence-electron chi connectivity index (χ1n) is 4.87. The van der Waals surface area contributed by atoms with Gasteiger partial charge in [0.15, 0.2) is 5.76 Å². The number of rotatable bonds is 1. The van der Waals surface area contributed by atoms with Crippen LogP contribution >= 0.6 is 0 Å². The van der Waals surface area contributed by atoms with Crippen molar-refractivity contribution in [1.82, 2.24) is 10.2 Å². The molecule has 0 bridgehead atoms. The summed E-state index contributed by atoms with van der Waals surface area (Å²) in [6, 6.07) is 10.9. The topological polar surface area (TPSA) is 58.9 Å². The number of H-pyrrole nitrogens is 1. The van der Waals surface area contributed by atoms with Gasteiger partial charge in [-0.15, -0.1) is 0 Å². The van der Waals surface area contributed by atoms with Crippen molar-refractivity contribution in [1.29, 1.82) is 0 Å². The number of hydrogen-bond acceptors (Lipinski definition) is 3. The normalized spacial score (nSPS) is 10.8. The maximum absolute atomic E-state index is 11.6. The van der Waals surface area contributed by atoms with Crippen LogP contribution in [0.25, 0.3) is 22.2 Å². The molecule has 3 aromatic rings. The number of furan rings is 1. The molecule has 0 fully saturated rings. The quantitative estimate of drug-likeness (QED) is 0.672. The van der Waals surface area contributed by atoms with Crippen LogP contribution in [0.4, 0.5) is 0 Å². The van der Waals surface area contributed by atoms with E-state index in [0.717, 1.165) is 5.39 Å². The number of benzene rings is 1. The molecule has 0 spiro atoms. The van der Waals surface area contributed by atoms with Crippen molar-refractivity contribution >= 4 is 10.8 Å². The second-order valence-corrected chi connectivity index (χ2v) is 3.42. The Balaban J connectivity index is 2.43. The number of hydrogen-bond donors (Lipinski definition) is 1. The van der Waals surface area contributed by atoms with Crippen molar-refractivity contribution in [2.24, 2.45) is 0 Å². The van der Waals surface area contributed by atoms with Crippen LogP contribution in [0.1, 0.15) is 0 Å². The Morgan fingerprint density at radius 3 is 2.62 bits per heavy atom. The van der Waals surface area contributed by atoms with Gasteiger partial charge in [0.1, 0.15) is 5.69 Å². The minimum atomic E-state index is -0.189. The molecule has 4 heteroatoms. The van der Waals surface area contributed by atoms with Crippen LogP contribution in [-0.2, 0) is 0 Å². The molecule has 0 aliphatic heterocycles. The van der Waals surface area contributed by atoms with Gasteiger partial charge in [0.05, 0.1) is 11.6 Å². The van der Waals surface area contributed by atoms with Gasteiger partial charge in [0.25, 0.3) is 5.56 Å². The van der Waals surface area contributed by atoms with Crippen molar-refractivity contribution in [2.45, 2.75) is 0 Å². The van der Waals surface area contributed by atoms with Gasteiger partial charge in [-0.2, -0.15) is 5.10 Å². The van der Waals surface area contributed by atoms with Gasteiger partial charge in [0, 0.05) is 5.39 Å². The first-order valence-corrected chi connectivity index (χ1v) is 4.87. The number of nitrogens with one attached hydrogen (secondary N) is 1. The highest BCUT2D eigenvalue weighted by Gasteiger charge is 2.09. The predicted molar refractivity (Wildman–Crippen MR) is 60.1 cm³/mol. The molecule has 3 rings (SSSR count). The van der Waals surface area contributed by atoms with E-state index in [1.54, 1.807) is 18.4 Å². The number of aromatic amines is 1. The Hall–Kier alpha value is -2.36. The summed E-state index contributed by atoms with van der Waals surface area (Å²) < 4.78 is 5.28. The highest BCUT2D eigenvalue weighted by Crippen LogP contribution is 2.23. The molecule has 78 valence electrons. The fourth-order valence-electron chi connectivity index (χ4n) is 1.72. The lowest BCUT2D eigenvalue weighted by atomic mass is 10.1. The molecule has 1 N–H and O–H groups in total. The third kappa shape index (κ3) is 1.24. The molecule has 2 aromatic heterocycles. The van der Waals surface area contributed by atoms with Crippen LogP contribution < -0.4 is 5.56 Å². The molecule has 0 radical (unpaired) electrons. The van der Waals surface area contributed by atoms with Crippen molar-refractivity contribution in [3.8, 4) is 11.5 Å². The summed E-state index contributed by atoms with van der Waals surface area (Å²) in [5.74, 6) is 0.646. The minimum absolute atomic E-state index is 0.189. The molecule has 1 aromatic carbocycles. The Morgan fingerprint density at radius 1 is 1.06 bits per heavy atom. The monoisotopic (exact) mass is 212 g/mol. The standard InChI is InChI=1S/C12H8N2O2/c15-12-9-5-2-1-4-8(9)11(13-14-12)10-6-3-7-16-10/h1-7H,(H,14,15). The Kier molecular flexibility index (Phi) is 1.86. The maximum atomic E-state index is 11.6. The average Bonchev–Trinajstić information content (AvgIpc) is 2.83. The second kappa shape index (κ2) is 3.34. The summed E-state index contributed by atoms with van der Waals surface area (Å²) in [6.07, 6.45) is 1.58. The van der Waals surface area contributed by atoms with Gasteiger partial charge in [-0.05, 0) is 18.2 Å². The second-order valence-electron chi connectivity index (χ2n) is 3.42. The van der Waals surface area contributed by atoms with E-state index < -0.39 is 0 Å². The predicted octanol–water partition coefficient (Wildman–Crippen LogP) is 2.18. The van der Waals surface area contributed by atoms with Gasteiger partial charge < -0.3 is 4.42 Å². The van der Waals surface area contributed by atoms with Gasteiger partial charge in [0.2, 0.25) is 0 Å². The third-order valence-electron chi connectivity index (χ3n) is 2.45. The Labute approximate surface area is 90.5 Å². The molecule has 0 aliphatic carbocycles. The van der Waals surface area contributed by atoms with Crippen LogP contribution in [0.15, 0.2) is 51.9 Å². The lowest BCUT2D eigenvalue weighted by molar-refractivity contribution is 0.579. The highest BCUT2D eigenvalue weighted by molar-refractivity contribution is 5.92. The number of aromatic nitrogens is 2. The highest BCUT2D eigenvalue weighted by atomic mass is 16.3. The van der Waals surface area contributed by atoms with Gasteiger partial charge in [-0.25, -0.2) is 5.10 Å². The smallest absolute Gasteiger partial charge is 0.272 e. The zero-order chi connectivity index (χ0) is 11.0. The SMILES string of the molecule is O=c1[nH]nc(-c2ccco2)c2ccccc12. The first-order chi connectivity index (χ1) is 7.86. The summed E-state index contributed by atoms with van der Waals surface area (Å²) in [5.41, 5.74) is 0.464. The van der Waals surface area contributed by atoms with Gasteiger partial charge in [-0.1, -0.05) is 18.2 Å². The number of fused-ring (bicyclic) bond motifs is 1. The molecule has 0 saturated carbocycles. The van der Waals surface area contributed by atoms with Crippen molar-refractivity contribution in [3.63, 3.8) is 0 Å². The molecule has 0 amide bonds. The fraction of sp³-hybridized carbons (Fsp3) is 0. The molecular formula is C12H8N2O2. The average molecular weight is 212 g/mol. The molecule has 16 heavy (non-hydrogen) atoms. The van der Waals surface area contributed by atoms with Crippen molar-refractivity contribution in [3.05, 3.63) is 53.0 Å². The van der Waals surface area contributed by atoms with E-state index in [-0.39, 0.29) is 5.56 Å². The molecule has 2 heterocycles. The largest absolute Gasteiger partial charge is 0.463 e. The summed E-state index contributed by atoms with van der Waals surface area (Å²) in [4.78, 5) is 11.6. The van der Waals surface area contributed by atoms with E-state index >= 15 is 0 Å². The molecule has 0 aliphatic rings. The van der Waals surface area contributed by atoms with Crippen LogP contribution in [0.5, 0.6) is 0 Å². The minimum Gasteiger partial charge on any atom is -0.463 e. The molecular weight excluding hydrogens is 204 g/mol. The molecule has 0 unspecified atom stereocenters. The van der Waals surface area contributed by atoms with Crippen LogP contribution in [0.3, 0.4) is 0 Å². The molecule has 4 nitrogen and oxygen atoms in total. The van der Waals surface area contributed by atoms with Gasteiger partial charge >= 0.3 is 0 Å². The zero-order valence-corrected chi connectivity index (χ0v) is 8.31. The summed E-state index contributed by atoms with van der Waals surface area (Å²) in [7, 11) is 0. The van der Waals surface area contributed by atoms with E-state index in [2.05, 4.69) is 10.2 Å². The van der Waals surface area contributed by atoms with E-state index in [1.807, 2.05) is 24.3 Å². The third-order valence-corrected chi connectivity index (χ3v) is 2.45. The van der Waals surface area contributed by atoms with E-state index in [1.165, 1.54) is 0 Å². The van der Waals surface area contributed by atoms with Crippen molar-refractivity contribution in [2.75, 3.05) is 0 Å². The summed E-state index contributed by atoms with van der Waals surface area (Å²) in [6.45, 7) is 0. The number of nitrogens with zero attached hydrogens (tertiary/aromatic N) is 1. The van der Waals surface area contributed by atoms with Crippen molar-refractivity contribution < 1.29 is 4.42 Å². The van der Waals surface area contributed by atoms with Crippen LogP contribution in [-0.4, -0.2) is 10.2 Å². The Bertz CT molecular complexity index is 684. The van der Waals surface area contributed by atoms with E-state index in [9.17, 15) is 4.79 Å². The fourth-order valence-corrected chi connectivity index (χ4v) is 1.72. The molecule has 0 atom stereocenters. The lowest BCUT2D eigenvalue weighted by Gasteiger charge is -2.00. The first kappa shape index (κ1) is 8.91. The summed E-state index contributed by atoms with van der Waals surface area (Å²) in [5, 5.41) is 7.89.